The summed E-state index contributed by atoms with van der Waals surface area (Å²) in [5.74, 6) is 0.0631. The molecule has 0 aliphatic heterocycles. The van der Waals surface area contributed by atoms with Crippen LogP contribution in [-0.4, -0.2) is 12.5 Å². The second kappa shape index (κ2) is 10.1. The van der Waals surface area contributed by atoms with Crippen LogP contribution in [-0.2, 0) is 4.79 Å². The number of rotatable bonds is 7. The van der Waals surface area contributed by atoms with E-state index < -0.39 is 0 Å². The summed E-state index contributed by atoms with van der Waals surface area (Å²) in [6.45, 7) is 2.67. The Hall–Kier alpha value is -0.770. The summed E-state index contributed by atoms with van der Waals surface area (Å²) in [6, 6.07) is 5.47. The van der Waals surface area contributed by atoms with Gasteiger partial charge in [-0.2, -0.15) is 0 Å². The molecule has 5 heteroatoms. The first-order valence-corrected chi connectivity index (χ1v) is 6.77. The van der Waals surface area contributed by atoms with E-state index in [4.69, 9.17) is 17.3 Å². The van der Waals surface area contributed by atoms with Gasteiger partial charge in [0.25, 0.3) is 0 Å². The smallest absolute Gasteiger partial charge is 0.224 e. The summed E-state index contributed by atoms with van der Waals surface area (Å²) >= 11 is 5.86. The third kappa shape index (κ3) is 7.41. The number of anilines is 1. The van der Waals surface area contributed by atoms with Gasteiger partial charge in [-0.15, -0.1) is 12.4 Å². The van der Waals surface area contributed by atoms with Crippen molar-refractivity contribution in [2.24, 2.45) is 5.73 Å². The van der Waals surface area contributed by atoms with Gasteiger partial charge in [-0.3, -0.25) is 4.79 Å². The maximum absolute atomic E-state index is 11.7. The van der Waals surface area contributed by atoms with Crippen LogP contribution in [0.1, 0.15) is 37.7 Å². The number of hydrogen-bond donors (Lipinski definition) is 2. The molecule has 0 saturated carbocycles. The Balaban J connectivity index is 0.00000324. The van der Waals surface area contributed by atoms with Crippen molar-refractivity contribution in [2.45, 2.75) is 39.0 Å². The topological polar surface area (TPSA) is 55.1 Å². The van der Waals surface area contributed by atoms with Crippen LogP contribution in [0.4, 0.5) is 5.69 Å². The SMILES string of the molecule is Cc1cc(Cl)ccc1NC(=O)CCCCCCN.Cl. The van der Waals surface area contributed by atoms with Gasteiger partial charge in [-0.05, 0) is 50.1 Å². The second-order valence-corrected chi connectivity index (χ2v) is 4.90. The lowest BCUT2D eigenvalue weighted by atomic mass is 10.1. The molecule has 19 heavy (non-hydrogen) atoms. The molecule has 0 spiro atoms. The first kappa shape index (κ1) is 18.2. The number of aryl methyl sites for hydroxylation is 1. The minimum atomic E-state index is 0. The fourth-order valence-corrected chi connectivity index (χ4v) is 1.99. The highest BCUT2D eigenvalue weighted by molar-refractivity contribution is 6.30. The van der Waals surface area contributed by atoms with E-state index >= 15 is 0 Å². The van der Waals surface area contributed by atoms with E-state index in [0.717, 1.165) is 43.5 Å². The highest BCUT2D eigenvalue weighted by atomic mass is 35.5. The molecule has 1 aromatic rings. The minimum Gasteiger partial charge on any atom is -0.330 e. The predicted octanol–water partition coefficient (Wildman–Crippen LogP) is 3.92. The quantitative estimate of drug-likeness (QED) is 0.750. The van der Waals surface area contributed by atoms with E-state index in [1.165, 1.54) is 0 Å². The summed E-state index contributed by atoms with van der Waals surface area (Å²) in [6.07, 6.45) is 4.68. The van der Waals surface area contributed by atoms with Gasteiger partial charge in [-0.1, -0.05) is 24.4 Å². The lowest BCUT2D eigenvalue weighted by molar-refractivity contribution is -0.116. The number of benzene rings is 1. The van der Waals surface area contributed by atoms with Crippen LogP contribution in [0.15, 0.2) is 18.2 Å². The van der Waals surface area contributed by atoms with Crippen molar-refractivity contribution in [3.05, 3.63) is 28.8 Å². The minimum absolute atomic E-state index is 0. The Kier molecular flexibility index (Phi) is 9.66. The Morgan fingerprint density at radius 1 is 1.26 bits per heavy atom. The number of amides is 1. The monoisotopic (exact) mass is 304 g/mol. The van der Waals surface area contributed by atoms with E-state index in [9.17, 15) is 4.79 Å². The van der Waals surface area contributed by atoms with E-state index in [1.54, 1.807) is 6.07 Å². The maximum Gasteiger partial charge on any atom is 0.224 e. The molecule has 0 radical (unpaired) electrons. The Labute approximate surface area is 126 Å². The number of nitrogens with two attached hydrogens (primary N) is 1. The largest absolute Gasteiger partial charge is 0.330 e. The van der Waals surface area contributed by atoms with Crippen molar-refractivity contribution < 1.29 is 4.79 Å². The Morgan fingerprint density at radius 3 is 2.58 bits per heavy atom. The molecule has 0 saturated heterocycles. The molecule has 0 atom stereocenters. The molecule has 1 amide bonds. The van der Waals surface area contributed by atoms with Crippen LogP contribution >= 0.6 is 24.0 Å². The van der Waals surface area contributed by atoms with E-state index in [1.807, 2.05) is 19.1 Å². The highest BCUT2D eigenvalue weighted by Gasteiger charge is 2.04. The number of hydrogen-bond acceptors (Lipinski definition) is 2. The zero-order valence-electron chi connectivity index (χ0n) is 11.2. The standard InChI is InChI=1S/C14H21ClN2O.ClH/c1-11-10-12(15)7-8-13(11)17-14(18)6-4-2-3-5-9-16;/h7-8,10H,2-6,9,16H2,1H3,(H,17,18);1H. The fraction of sp³-hybridized carbons (Fsp3) is 0.500. The molecular weight excluding hydrogens is 283 g/mol. The lowest BCUT2D eigenvalue weighted by Crippen LogP contribution is -2.12. The zero-order chi connectivity index (χ0) is 13.4. The average Bonchev–Trinajstić information content (AvgIpc) is 2.32. The van der Waals surface area contributed by atoms with Crippen molar-refractivity contribution in [2.75, 3.05) is 11.9 Å². The normalized spacial score (nSPS) is 9.84. The second-order valence-electron chi connectivity index (χ2n) is 4.46. The average molecular weight is 305 g/mol. The summed E-state index contributed by atoms with van der Waals surface area (Å²) in [4.78, 5) is 11.7. The number of carbonyl (C=O) groups excluding carboxylic acids is 1. The number of unbranched alkanes of at least 4 members (excludes halogenated alkanes) is 3. The third-order valence-electron chi connectivity index (χ3n) is 2.82. The molecule has 0 fully saturated rings. The summed E-state index contributed by atoms with van der Waals surface area (Å²) in [5.41, 5.74) is 7.24. The van der Waals surface area contributed by atoms with Crippen molar-refractivity contribution in [1.29, 1.82) is 0 Å². The maximum atomic E-state index is 11.7. The van der Waals surface area contributed by atoms with Crippen LogP contribution in [0.25, 0.3) is 0 Å². The van der Waals surface area contributed by atoms with E-state index in [0.29, 0.717) is 11.4 Å². The predicted molar refractivity (Wildman–Crippen MR) is 84.2 cm³/mol. The molecule has 3 nitrogen and oxygen atoms in total. The molecule has 0 aromatic heterocycles. The highest BCUT2D eigenvalue weighted by Crippen LogP contribution is 2.19. The van der Waals surface area contributed by atoms with Gasteiger partial charge in [0.1, 0.15) is 0 Å². The van der Waals surface area contributed by atoms with Crippen molar-refractivity contribution in [1.82, 2.24) is 0 Å². The van der Waals surface area contributed by atoms with Gasteiger partial charge in [0.05, 0.1) is 0 Å². The molecule has 108 valence electrons. The molecule has 0 aliphatic carbocycles. The summed E-state index contributed by atoms with van der Waals surface area (Å²) < 4.78 is 0. The van der Waals surface area contributed by atoms with Crippen LogP contribution in [0.2, 0.25) is 5.02 Å². The van der Waals surface area contributed by atoms with Crippen LogP contribution < -0.4 is 11.1 Å². The summed E-state index contributed by atoms with van der Waals surface area (Å²) in [7, 11) is 0. The first-order chi connectivity index (χ1) is 8.63. The Morgan fingerprint density at radius 2 is 1.95 bits per heavy atom. The zero-order valence-corrected chi connectivity index (χ0v) is 12.8. The van der Waals surface area contributed by atoms with Gasteiger partial charge in [0, 0.05) is 17.1 Å². The van der Waals surface area contributed by atoms with Crippen LogP contribution in [0.5, 0.6) is 0 Å². The number of nitrogens with one attached hydrogen (secondary N) is 1. The van der Waals surface area contributed by atoms with Crippen molar-refractivity contribution in [3.8, 4) is 0 Å². The number of halogens is 2. The molecule has 1 aromatic carbocycles. The van der Waals surface area contributed by atoms with E-state index in [-0.39, 0.29) is 18.3 Å². The third-order valence-corrected chi connectivity index (χ3v) is 3.06. The summed E-state index contributed by atoms with van der Waals surface area (Å²) in [5, 5.41) is 3.59. The molecule has 1 rings (SSSR count). The van der Waals surface area contributed by atoms with Gasteiger partial charge in [-0.25, -0.2) is 0 Å². The van der Waals surface area contributed by atoms with Gasteiger partial charge < -0.3 is 11.1 Å². The van der Waals surface area contributed by atoms with Gasteiger partial charge in [0.15, 0.2) is 0 Å². The van der Waals surface area contributed by atoms with Crippen molar-refractivity contribution in [3.63, 3.8) is 0 Å². The first-order valence-electron chi connectivity index (χ1n) is 6.39. The molecule has 3 N–H and O–H groups in total. The van der Waals surface area contributed by atoms with Crippen molar-refractivity contribution >= 4 is 35.6 Å². The molecule has 0 unspecified atom stereocenters. The molecule has 0 bridgehead atoms. The van der Waals surface area contributed by atoms with E-state index in [2.05, 4.69) is 5.32 Å². The van der Waals surface area contributed by atoms with Crippen LogP contribution in [0, 0.1) is 6.92 Å². The molecule has 0 heterocycles. The van der Waals surface area contributed by atoms with Gasteiger partial charge >= 0.3 is 0 Å². The molecule has 0 aliphatic rings. The molecular formula is C14H22Cl2N2O. The van der Waals surface area contributed by atoms with Gasteiger partial charge in [0.2, 0.25) is 5.91 Å². The Bertz CT molecular complexity index is 397. The van der Waals surface area contributed by atoms with Crippen LogP contribution in [0.3, 0.4) is 0 Å². The number of carbonyl (C=O) groups is 1. The fourth-order valence-electron chi connectivity index (χ4n) is 1.76. The lowest BCUT2D eigenvalue weighted by Gasteiger charge is -2.08.